The number of amides is 1. The van der Waals surface area contributed by atoms with E-state index in [4.69, 9.17) is 21.7 Å². The van der Waals surface area contributed by atoms with Gasteiger partial charge in [0.1, 0.15) is 22.4 Å². The molecule has 1 aromatic carbocycles. The van der Waals surface area contributed by atoms with E-state index in [0.29, 0.717) is 16.4 Å². The van der Waals surface area contributed by atoms with Crippen LogP contribution in [0.2, 0.25) is 0 Å². The first kappa shape index (κ1) is 17.4. The van der Waals surface area contributed by atoms with Crippen molar-refractivity contribution in [1.29, 1.82) is 0 Å². The molecule has 7 heteroatoms. The summed E-state index contributed by atoms with van der Waals surface area (Å²) in [5.41, 5.74) is 2.20. The molecule has 1 fully saturated rings. The molecule has 1 amide bonds. The Bertz CT molecular complexity index is 867. The van der Waals surface area contributed by atoms with Gasteiger partial charge in [0.15, 0.2) is 0 Å². The van der Waals surface area contributed by atoms with Gasteiger partial charge in [-0.15, -0.1) is 0 Å². The largest absolute Gasteiger partial charge is 0.480 e. The van der Waals surface area contributed by atoms with Crippen molar-refractivity contribution in [3.63, 3.8) is 0 Å². The van der Waals surface area contributed by atoms with Crippen LogP contribution in [0.15, 0.2) is 45.7 Å². The molecule has 2 heterocycles. The number of nitrogens with zero attached hydrogens (tertiary/aromatic N) is 1. The molecule has 1 aliphatic rings. The number of carbonyl (C=O) groups is 2. The summed E-state index contributed by atoms with van der Waals surface area (Å²) in [4.78, 5) is 24.5. The van der Waals surface area contributed by atoms with Crippen LogP contribution in [0.4, 0.5) is 0 Å². The number of carboxylic acids is 1. The Labute approximate surface area is 154 Å². The Kier molecular flexibility index (Phi) is 5.06. The van der Waals surface area contributed by atoms with Crippen LogP contribution in [0.5, 0.6) is 0 Å². The number of benzene rings is 1. The van der Waals surface area contributed by atoms with Crippen molar-refractivity contribution in [2.45, 2.75) is 13.3 Å². The molecule has 5 nitrogen and oxygen atoms in total. The molecule has 128 valence electrons. The summed E-state index contributed by atoms with van der Waals surface area (Å²) in [5, 5.41) is 8.85. The third-order valence-electron chi connectivity index (χ3n) is 3.71. The standard InChI is InChI=1S/C18H15NO4S2/c1-2-11-3-5-12(6-4-11)14-8-7-13(23-14)9-15-17(22)19(10-16(20)21)18(24)25-15/h3-9H,2,10H2,1H3,(H,20,21). The second-order valence-electron chi connectivity index (χ2n) is 5.41. The molecule has 0 unspecified atom stereocenters. The summed E-state index contributed by atoms with van der Waals surface area (Å²) in [7, 11) is 0. The van der Waals surface area contributed by atoms with E-state index in [2.05, 4.69) is 19.1 Å². The van der Waals surface area contributed by atoms with Gasteiger partial charge in [-0.1, -0.05) is 55.2 Å². The van der Waals surface area contributed by atoms with Crippen LogP contribution in [0.3, 0.4) is 0 Å². The van der Waals surface area contributed by atoms with E-state index in [1.807, 2.05) is 18.2 Å². The molecule has 0 radical (unpaired) electrons. The van der Waals surface area contributed by atoms with Gasteiger partial charge in [-0.2, -0.15) is 0 Å². The zero-order valence-corrected chi connectivity index (χ0v) is 15.0. The highest BCUT2D eigenvalue weighted by molar-refractivity contribution is 8.26. The Morgan fingerprint density at radius 3 is 2.64 bits per heavy atom. The quantitative estimate of drug-likeness (QED) is 0.635. The van der Waals surface area contributed by atoms with Gasteiger partial charge in [0.05, 0.1) is 4.91 Å². The number of hydrogen-bond acceptors (Lipinski definition) is 5. The number of hydrogen-bond donors (Lipinski definition) is 1. The maximum atomic E-state index is 12.2. The van der Waals surface area contributed by atoms with Crippen molar-refractivity contribution in [3.8, 4) is 11.3 Å². The van der Waals surface area contributed by atoms with Crippen molar-refractivity contribution in [3.05, 3.63) is 52.6 Å². The third kappa shape index (κ3) is 3.83. The Morgan fingerprint density at radius 1 is 1.28 bits per heavy atom. The normalized spacial score (nSPS) is 16.0. The second kappa shape index (κ2) is 7.25. The molecular weight excluding hydrogens is 358 g/mol. The number of carboxylic acid groups (broad SMARTS) is 1. The molecule has 25 heavy (non-hydrogen) atoms. The number of aliphatic carboxylic acids is 1. The topological polar surface area (TPSA) is 70.8 Å². The minimum atomic E-state index is -1.10. The molecule has 0 bridgehead atoms. The summed E-state index contributed by atoms with van der Waals surface area (Å²) in [6.07, 6.45) is 2.56. The van der Waals surface area contributed by atoms with Gasteiger partial charge < -0.3 is 9.52 Å². The molecule has 3 rings (SSSR count). The molecule has 1 aliphatic heterocycles. The van der Waals surface area contributed by atoms with E-state index in [9.17, 15) is 9.59 Å². The lowest BCUT2D eigenvalue weighted by molar-refractivity contribution is -0.140. The van der Waals surface area contributed by atoms with Crippen molar-refractivity contribution in [1.82, 2.24) is 4.90 Å². The third-order valence-corrected chi connectivity index (χ3v) is 5.09. The zero-order valence-electron chi connectivity index (χ0n) is 13.4. The highest BCUT2D eigenvalue weighted by Crippen LogP contribution is 2.33. The molecular formula is C18H15NO4S2. The lowest BCUT2D eigenvalue weighted by Crippen LogP contribution is -2.33. The molecule has 1 aromatic heterocycles. The summed E-state index contributed by atoms with van der Waals surface area (Å²) >= 11 is 6.14. The molecule has 0 atom stereocenters. The number of aryl methyl sites for hydroxylation is 1. The van der Waals surface area contributed by atoms with Gasteiger partial charge in [0.2, 0.25) is 0 Å². The lowest BCUT2D eigenvalue weighted by atomic mass is 10.1. The van der Waals surface area contributed by atoms with Crippen LogP contribution in [0, 0.1) is 0 Å². The molecule has 1 N–H and O–H groups in total. The minimum absolute atomic E-state index is 0.237. The van der Waals surface area contributed by atoms with E-state index in [1.165, 1.54) is 5.56 Å². The molecule has 0 aliphatic carbocycles. The Balaban J connectivity index is 1.80. The SMILES string of the molecule is CCc1ccc(-c2ccc(C=C3SC(=S)N(CC(=O)O)C3=O)o2)cc1. The first-order valence-corrected chi connectivity index (χ1v) is 8.86. The van der Waals surface area contributed by atoms with Crippen LogP contribution in [-0.4, -0.2) is 32.7 Å². The predicted molar refractivity (Wildman–Crippen MR) is 101 cm³/mol. The van der Waals surface area contributed by atoms with E-state index in [0.717, 1.165) is 28.6 Å². The van der Waals surface area contributed by atoms with E-state index in [1.54, 1.807) is 12.1 Å². The van der Waals surface area contributed by atoms with Crippen molar-refractivity contribution >= 4 is 46.3 Å². The fourth-order valence-electron chi connectivity index (χ4n) is 2.39. The molecule has 0 saturated carbocycles. The first-order chi connectivity index (χ1) is 12.0. The van der Waals surface area contributed by atoms with E-state index >= 15 is 0 Å². The van der Waals surface area contributed by atoms with E-state index < -0.39 is 18.4 Å². The van der Waals surface area contributed by atoms with Crippen molar-refractivity contribution in [2.75, 3.05) is 6.54 Å². The predicted octanol–water partition coefficient (Wildman–Crippen LogP) is 3.79. The van der Waals surface area contributed by atoms with Crippen LogP contribution in [0.25, 0.3) is 17.4 Å². The molecule has 0 spiro atoms. The van der Waals surface area contributed by atoms with E-state index in [-0.39, 0.29) is 4.32 Å². The average Bonchev–Trinajstić information content (AvgIpc) is 3.15. The number of carbonyl (C=O) groups excluding carboxylic acids is 1. The van der Waals surface area contributed by atoms with Gasteiger partial charge in [0.25, 0.3) is 5.91 Å². The average molecular weight is 373 g/mol. The summed E-state index contributed by atoms with van der Waals surface area (Å²) in [5.74, 6) is -0.295. The number of thiocarbonyl (C=S) groups is 1. The monoisotopic (exact) mass is 373 g/mol. The van der Waals surface area contributed by atoms with Gasteiger partial charge in [-0.25, -0.2) is 0 Å². The van der Waals surface area contributed by atoms with Gasteiger partial charge in [0, 0.05) is 11.6 Å². The fraction of sp³-hybridized carbons (Fsp3) is 0.167. The van der Waals surface area contributed by atoms with Crippen molar-refractivity contribution in [2.24, 2.45) is 0 Å². The molecule has 1 saturated heterocycles. The number of furan rings is 1. The fourth-order valence-corrected chi connectivity index (χ4v) is 3.63. The van der Waals surface area contributed by atoms with Crippen LogP contribution < -0.4 is 0 Å². The van der Waals surface area contributed by atoms with Gasteiger partial charge in [-0.3, -0.25) is 14.5 Å². The second-order valence-corrected chi connectivity index (χ2v) is 7.09. The summed E-state index contributed by atoms with van der Waals surface area (Å²) in [6, 6.07) is 11.7. The van der Waals surface area contributed by atoms with Crippen LogP contribution in [0.1, 0.15) is 18.2 Å². The van der Waals surface area contributed by atoms with Gasteiger partial charge in [-0.05, 0) is 24.1 Å². The zero-order chi connectivity index (χ0) is 18.0. The summed E-state index contributed by atoms with van der Waals surface area (Å²) < 4.78 is 6.02. The van der Waals surface area contributed by atoms with Crippen LogP contribution >= 0.6 is 24.0 Å². The first-order valence-electron chi connectivity index (χ1n) is 7.64. The smallest absolute Gasteiger partial charge is 0.323 e. The number of thioether (sulfide) groups is 1. The molecule has 2 aromatic rings. The van der Waals surface area contributed by atoms with Crippen LogP contribution in [-0.2, 0) is 16.0 Å². The highest BCUT2D eigenvalue weighted by atomic mass is 32.2. The Morgan fingerprint density at radius 2 is 2.00 bits per heavy atom. The van der Waals surface area contributed by atoms with Crippen molar-refractivity contribution < 1.29 is 19.1 Å². The Hall–Kier alpha value is -2.38. The maximum Gasteiger partial charge on any atom is 0.323 e. The maximum absolute atomic E-state index is 12.2. The highest BCUT2D eigenvalue weighted by Gasteiger charge is 2.33. The van der Waals surface area contributed by atoms with Gasteiger partial charge >= 0.3 is 5.97 Å². The lowest BCUT2D eigenvalue weighted by Gasteiger charge is -2.09. The summed E-state index contributed by atoms with van der Waals surface area (Å²) in [6.45, 7) is 1.66. The minimum Gasteiger partial charge on any atom is -0.480 e. The number of rotatable bonds is 5.